The molecule has 3 nitrogen and oxygen atoms in total. The Bertz CT molecular complexity index is 308. The van der Waals surface area contributed by atoms with E-state index in [2.05, 4.69) is 26.1 Å². The van der Waals surface area contributed by atoms with Gasteiger partial charge >= 0.3 is 0 Å². The van der Waals surface area contributed by atoms with E-state index in [0.29, 0.717) is 29.2 Å². The molecule has 2 unspecified atom stereocenters. The van der Waals surface area contributed by atoms with Gasteiger partial charge in [0.25, 0.3) is 0 Å². The van der Waals surface area contributed by atoms with Crippen molar-refractivity contribution in [2.75, 3.05) is 20.1 Å². The third-order valence-electron chi connectivity index (χ3n) is 4.91. The largest absolute Gasteiger partial charge is 0.343 e. The van der Waals surface area contributed by atoms with Gasteiger partial charge in [0.2, 0.25) is 5.91 Å². The minimum absolute atomic E-state index is 0.319. The Hall–Kier alpha value is -0.570. The van der Waals surface area contributed by atoms with Crippen LogP contribution in [0.2, 0.25) is 0 Å². The highest BCUT2D eigenvalue weighted by Crippen LogP contribution is 2.59. The quantitative estimate of drug-likeness (QED) is 0.832. The molecule has 2 fully saturated rings. The summed E-state index contributed by atoms with van der Waals surface area (Å²) < 4.78 is 0. The van der Waals surface area contributed by atoms with E-state index in [1.54, 1.807) is 0 Å². The van der Waals surface area contributed by atoms with Gasteiger partial charge in [-0.25, -0.2) is 0 Å². The summed E-state index contributed by atoms with van der Waals surface area (Å²) in [6.45, 7) is 8.81. The van der Waals surface area contributed by atoms with E-state index in [0.717, 1.165) is 25.9 Å². The van der Waals surface area contributed by atoms with Gasteiger partial charge < -0.3 is 10.2 Å². The minimum atomic E-state index is 0.319. The lowest BCUT2D eigenvalue weighted by molar-refractivity contribution is -0.134. The van der Waals surface area contributed by atoms with E-state index in [-0.39, 0.29) is 0 Å². The molecule has 1 amide bonds. The molecule has 1 N–H and O–H groups in total. The predicted molar refractivity (Wildman–Crippen MR) is 74.3 cm³/mol. The number of nitrogens with zero attached hydrogens (tertiary/aromatic N) is 1. The number of carbonyl (C=O) groups is 1. The lowest BCUT2D eigenvalue weighted by Crippen LogP contribution is -2.39. The highest BCUT2D eigenvalue weighted by atomic mass is 16.2. The fourth-order valence-electron chi connectivity index (χ4n) is 3.48. The lowest BCUT2D eigenvalue weighted by atomic mass is 9.91. The number of hydrogen-bond acceptors (Lipinski definition) is 2. The van der Waals surface area contributed by atoms with Crippen LogP contribution in [0.15, 0.2) is 0 Å². The normalized spacial score (nSPS) is 27.3. The summed E-state index contributed by atoms with van der Waals surface area (Å²) in [5.41, 5.74) is 0.369. The van der Waals surface area contributed by atoms with E-state index in [1.165, 1.54) is 12.8 Å². The number of nitrogens with one attached hydrogen (secondary N) is 1. The third-order valence-corrected chi connectivity index (χ3v) is 4.91. The van der Waals surface area contributed by atoms with Crippen molar-refractivity contribution in [3.8, 4) is 0 Å². The molecule has 2 aliphatic rings. The van der Waals surface area contributed by atoms with Crippen molar-refractivity contribution in [3.63, 3.8) is 0 Å². The van der Waals surface area contributed by atoms with E-state index >= 15 is 0 Å². The fourth-order valence-corrected chi connectivity index (χ4v) is 3.48. The molecule has 2 rings (SSSR count). The molecular formula is C15H28N2O. The smallest absolute Gasteiger partial charge is 0.226 e. The number of amides is 1. The second-order valence-corrected chi connectivity index (χ2v) is 6.80. The van der Waals surface area contributed by atoms with Gasteiger partial charge in [-0.1, -0.05) is 13.8 Å². The van der Waals surface area contributed by atoms with Crippen LogP contribution in [0.25, 0.3) is 0 Å². The first-order valence-electron chi connectivity index (χ1n) is 7.44. The van der Waals surface area contributed by atoms with Gasteiger partial charge in [0.05, 0.1) is 0 Å². The summed E-state index contributed by atoms with van der Waals surface area (Å²) in [7, 11) is 1.99. The number of rotatable bonds is 4. The Kier molecular flexibility index (Phi) is 4.00. The van der Waals surface area contributed by atoms with Gasteiger partial charge in [0.1, 0.15) is 0 Å². The van der Waals surface area contributed by atoms with Crippen LogP contribution in [-0.2, 0) is 4.79 Å². The molecule has 0 radical (unpaired) electrons. The highest BCUT2D eigenvalue weighted by molar-refractivity contribution is 5.82. The molecule has 0 bridgehead atoms. The second kappa shape index (κ2) is 5.20. The van der Waals surface area contributed by atoms with Gasteiger partial charge in [-0.2, -0.15) is 0 Å². The van der Waals surface area contributed by atoms with Crippen molar-refractivity contribution in [1.82, 2.24) is 10.2 Å². The first-order chi connectivity index (χ1) is 8.46. The average Bonchev–Trinajstić information content (AvgIpc) is 3.01. The molecule has 1 heterocycles. The molecule has 0 aromatic rings. The molecule has 3 heteroatoms. The third kappa shape index (κ3) is 2.71. The van der Waals surface area contributed by atoms with Crippen LogP contribution in [-0.4, -0.2) is 37.0 Å². The number of hydrogen-bond donors (Lipinski definition) is 1. The maximum Gasteiger partial charge on any atom is 0.226 e. The lowest BCUT2D eigenvalue weighted by Gasteiger charge is -2.29. The summed E-state index contributed by atoms with van der Waals surface area (Å²) in [5.74, 6) is 1.37. The summed E-state index contributed by atoms with van der Waals surface area (Å²) in [5, 5.41) is 3.39. The van der Waals surface area contributed by atoms with E-state index < -0.39 is 0 Å². The van der Waals surface area contributed by atoms with E-state index in [1.807, 2.05) is 11.9 Å². The molecule has 18 heavy (non-hydrogen) atoms. The zero-order valence-electron chi connectivity index (χ0n) is 12.3. The van der Waals surface area contributed by atoms with Crippen molar-refractivity contribution < 1.29 is 4.79 Å². The summed E-state index contributed by atoms with van der Waals surface area (Å²) in [6, 6.07) is 0.372. The maximum atomic E-state index is 12.5. The van der Waals surface area contributed by atoms with Crippen molar-refractivity contribution in [2.45, 2.75) is 52.5 Å². The first kappa shape index (κ1) is 13.9. The molecular weight excluding hydrogens is 224 g/mol. The molecule has 1 spiro atoms. The van der Waals surface area contributed by atoms with Crippen LogP contribution in [0.1, 0.15) is 46.5 Å². The molecule has 2 atom stereocenters. The van der Waals surface area contributed by atoms with Gasteiger partial charge in [0.15, 0.2) is 0 Å². The topological polar surface area (TPSA) is 32.3 Å². The van der Waals surface area contributed by atoms with E-state index in [9.17, 15) is 4.79 Å². The second-order valence-electron chi connectivity index (χ2n) is 6.80. The van der Waals surface area contributed by atoms with Gasteiger partial charge in [0, 0.05) is 19.0 Å². The van der Waals surface area contributed by atoms with Crippen LogP contribution >= 0.6 is 0 Å². The molecule has 0 aromatic heterocycles. The zero-order valence-corrected chi connectivity index (χ0v) is 12.3. The Balaban J connectivity index is 1.88. The average molecular weight is 252 g/mol. The van der Waals surface area contributed by atoms with Crippen molar-refractivity contribution >= 4 is 5.91 Å². The molecule has 1 aliphatic heterocycles. The first-order valence-corrected chi connectivity index (χ1v) is 7.44. The number of piperidine rings is 1. The Morgan fingerprint density at radius 3 is 2.50 bits per heavy atom. The molecule has 104 valence electrons. The van der Waals surface area contributed by atoms with Crippen molar-refractivity contribution in [3.05, 3.63) is 0 Å². The molecule has 0 aromatic carbocycles. The SMILES string of the molecule is CC(C)CC(C)N(C)C(=O)C1CC12CCNCC2. The van der Waals surface area contributed by atoms with Crippen molar-refractivity contribution in [2.24, 2.45) is 17.3 Å². The Labute approximate surface area is 111 Å². The maximum absolute atomic E-state index is 12.5. The van der Waals surface area contributed by atoms with Crippen LogP contribution in [0.5, 0.6) is 0 Å². The zero-order chi connectivity index (χ0) is 13.3. The fraction of sp³-hybridized carbons (Fsp3) is 0.933. The van der Waals surface area contributed by atoms with Gasteiger partial charge in [-0.3, -0.25) is 4.79 Å². The van der Waals surface area contributed by atoms with Crippen molar-refractivity contribution in [1.29, 1.82) is 0 Å². The summed E-state index contributed by atoms with van der Waals surface area (Å²) >= 11 is 0. The molecule has 1 saturated heterocycles. The Morgan fingerprint density at radius 1 is 1.33 bits per heavy atom. The Morgan fingerprint density at radius 2 is 1.94 bits per heavy atom. The number of carbonyl (C=O) groups excluding carboxylic acids is 1. The standard InChI is InChI=1S/C15H28N2O/c1-11(2)9-12(3)17(4)14(18)13-10-15(13)5-7-16-8-6-15/h11-13,16H,5-10H2,1-4H3. The van der Waals surface area contributed by atoms with E-state index in [4.69, 9.17) is 0 Å². The highest BCUT2D eigenvalue weighted by Gasteiger charge is 2.58. The van der Waals surface area contributed by atoms with Crippen LogP contribution in [0.3, 0.4) is 0 Å². The summed E-state index contributed by atoms with van der Waals surface area (Å²) in [4.78, 5) is 14.5. The van der Waals surface area contributed by atoms with Crippen LogP contribution in [0, 0.1) is 17.3 Å². The van der Waals surface area contributed by atoms with Gasteiger partial charge in [-0.05, 0) is 57.0 Å². The predicted octanol–water partition coefficient (Wildman–Crippen LogP) is 2.27. The minimum Gasteiger partial charge on any atom is -0.343 e. The monoisotopic (exact) mass is 252 g/mol. The van der Waals surface area contributed by atoms with Gasteiger partial charge in [-0.15, -0.1) is 0 Å². The molecule has 1 aliphatic carbocycles. The van der Waals surface area contributed by atoms with Crippen LogP contribution in [0.4, 0.5) is 0 Å². The molecule has 1 saturated carbocycles. The van der Waals surface area contributed by atoms with Crippen LogP contribution < -0.4 is 5.32 Å². The summed E-state index contributed by atoms with van der Waals surface area (Å²) in [6.07, 6.45) is 4.61.